The van der Waals surface area contributed by atoms with E-state index in [1.807, 2.05) is 0 Å². The number of phenols is 1. The Bertz CT molecular complexity index is 909. The second kappa shape index (κ2) is 5.12. The molecule has 1 aromatic carbocycles. The van der Waals surface area contributed by atoms with Crippen LogP contribution < -0.4 is 4.74 Å². The number of carbonyl (C=O) groups is 1. The van der Waals surface area contributed by atoms with Crippen molar-refractivity contribution < 1.29 is 19.4 Å². The van der Waals surface area contributed by atoms with Gasteiger partial charge in [-0.25, -0.2) is 19.3 Å². The first-order chi connectivity index (χ1) is 10.8. The lowest BCUT2D eigenvalue weighted by Gasteiger charge is -2.20. The summed E-state index contributed by atoms with van der Waals surface area (Å²) in [4.78, 5) is 20.8. The molecule has 0 aliphatic rings. The summed E-state index contributed by atoms with van der Waals surface area (Å²) in [7, 11) is 1.46. The summed E-state index contributed by atoms with van der Waals surface area (Å²) in [5.74, 6) is 0.241. The Balaban J connectivity index is 2.34. The zero-order valence-corrected chi connectivity index (χ0v) is 13.3. The van der Waals surface area contributed by atoms with Crippen LogP contribution in [0.5, 0.6) is 11.5 Å². The number of ether oxygens (including phenoxy) is 2. The summed E-state index contributed by atoms with van der Waals surface area (Å²) in [5, 5.41) is 11.4. The number of hydrogen-bond donors (Lipinski definition) is 1. The van der Waals surface area contributed by atoms with Crippen LogP contribution in [0.25, 0.3) is 21.9 Å². The number of hydrogen-bond acceptors (Lipinski definition) is 6. The minimum atomic E-state index is -0.651. The Morgan fingerprint density at radius 2 is 2.00 bits per heavy atom. The molecule has 0 spiro atoms. The van der Waals surface area contributed by atoms with Gasteiger partial charge in [-0.15, -0.1) is 0 Å². The van der Waals surface area contributed by atoms with Gasteiger partial charge in [-0.2, -0.15) is 0 Å². The lowest BCUT2D eigenvalue weighted by atomic mass is 10.2. The van der Waals surface area contributed by atoms with E-state index in [0.717, 1.165) is 0 Å². The van der Waals surface area contributed by atoms with Gasteiger partial charge in [0.1, 0.15) is 11.9 Å². The smallest absolute Gasteiger partial charge is 0.420 e. The fourth-order valence-electron chi connectivity index (χ4n) is 2.42. The number of aromatic hydroxyl groups is 1. The zero-order valence-electron chi connectivity index (χ0n) is 13.3. The molecule has 0 amide bonds. The van der Waals surface area contributed by atoms with Crippen molar-refractivity contribution in [2.24, 2.45) is 0 Å². The largest absolute Gasteiger partial charge is 0.504 e. The molecule has 0 aliphatic carbocycles. The van der Waals surface area contributed by atoms with E-state index in [2.05, 4.69) is 9.97 Å². The standard InChI is InChI=1S/C16H17N3O4/c1-16(2,3)23-15(21)19-11-6-12(20)13(22-4)5-9(11)10-7-17-8-18-14(10)19/h5-8,20H,1-4H3. The van der Waals surface area contributed by atoms with Crippen molar-refractivity contribution >= 4 is 28.0 Å². The molecule has 120 valence electrons. The summed E-state index contributed by atoms with van der Waals surface area (Å²) in [6.07, 6.45) is 2.40. The highest BCUT2D eigenvalue weighted by molar-refractivity contribution is 6.11. The SMILES string of the molecule is COc1cc2c3cncnc3n(C(=O)OC(C)(C)C)c2cc1O. The maximum Gasteiger partial charge on any atom is 0.420 e. The molecule has 0 saturated carbocycles. The van der Waals surface area contributed by atoms with E-state index < -0.39 is 11.7 Å². The third-order valence-corrected chi connectivity index (χ3v) is 3.31. The summed E-state index contributed by atoms with van der Waals surface area (Å²) < 4.78 is 11.9. The third kappa shape index (κ3) is 2.54. The molecule has 3 rings (SSSR count). The fraction of sp³-hybridized carbons (Fsp3) is 0.312. The van der Waals surface area contributed by atoms with Crippen LogP contribution in [0.4, 0.5) is 4.79 Å². The predicted octanol–water partition coefficient (Wildman–Crippen LogP) is 3.08. The molecule has 23 heavy (non-hydrogen) atoms. The second-order valence-corrected chi connectivity index (χ2v) is 6.12. The van der Waals surface area contributed by atoms with Crippen molar-refractivity contribution in [3.8, 4) is 11.5 Å². The number of methoxy groups -OCH3 is 1. The number of aromatic nitrogens is 3. The Morgan fingerprint density at radius 3 is 2.65 bits per heavy atom. The first-order valence-electron chi connectivity index (χ1n) is 7.06. The van der Waals surface area contributed by atoms with Gasteiger partial charge in [0.05, 0.1) is 12.6 Å². The Labute approximate surface area is 132 Å². The van der Waals surface area contributed by atoms with Crippen molar-refractivity contribution in [3.63, 3.8) is 0 Å². The molecule has 3 aromatic rings. The average molecular weight is 315 g/mol. The molecule has 7 nitrogen and oxygen atoms in total. The van der Waals surface area contributed by atoms with Gasteiger partial charge in [-0.1, -0.05) is 0 Å². The summed E-state index contributed by atoms with van der Waals surface area (Å²) in [6, 6.07) is 3.11. The van der Waals surface area contributed by atoms with Crippen LogP contribution in [0.15, 0.2) is 24.7 Å². The quantitative estimate of drug-likeness (QED) is 0.742. The number of rotatable bonds is 1. The van der Waals surface area contributed by atoms with Crippen molar-refractivity contribution in [1.29, 1.82) is 0 Å². The minimum absolute atomic E-state index is 0.0689. The van der Waals surface area contributed by atoms with E-state index >= 15 is 0 Å². The molecule has 2 heterocycles. The molecule has 0 unspecified atom stereocenters. The van der Waals surface area contributed by atoms with Gasteiger partial charge in [-0.05, 0) is 26.8 Å². The Morgan fingerprint density at radius 1 is 1.26 bits per heavy atom. The first-order valence-corrected chi connectivity index (χ1v) is 7.06. The fourth-order valence-corrected chi connectivity index (χ4v) is 2.42. The van der Waals surface area contributed by atoms with E-state index in [4.69, 9.17) is 9.47 Å². The Kier molecular flexibility index (Phi) is 3.35. The number of fused-ring (bicyclic) bond motifs is 3. The highest BCUT2D eigenvalue weighted by atomic mass is 16.6. The minimum Gasteiger partial charge on any atom is -0.504 e. The normalized spacial score (nSPS) is 11.8. The van der Waals surface area contributed by atoms with Crippen LogP contribution in [0, 0.1) is 0 Å². The maximum atomic E-state index is 12.6. The molecule has 0 radical (unpaired) electrons. The van der Waals surface area contributed by atoms with Crippen LogP contribution >= 0.6 is 0 Å². The molecule has 7 heteroatoms. The molecule has 0 fully saturated rings. The van der Waals surface area contributed by atoms with E-state index in [1.54, 1.807) is 33.0 Å². The van der Waals surface area contributed by atoms with Crippen molar-refractivity contribution in [1.82, 2.24) is 14.5 Å². The van der Waals surface area contributed by atoms with E-state index in [-0.39, 0.29) is 5.75 Å². The number of phenolic OH excluding ortho intramolecular Hbond substituents is 1. The van der Waals surface area contributed by atoms with E-state index in [0.29, 0.717) is 27.7 Å². The molecule has 2 aromatic heterocycles. The number of benzene rings is 1. The molecule has 0 atom stereocenters. The zero-order chi connectivity index (χ0) is 16.8. The van der Waals surface area contributed by atoms with Gasteiger partial charge in [-0.3, -0.25) is 0 Å². The molecular formula is C16H17N3O4. The second-order valence-electron chi connectivity index (χ2n) is 6.12. The van der Waals surface area contributed by atoms with E-state index in [1.165, 1.54) is 24.1 Å². The topological polar surface area (TPSA) is 86.5 Å². The average Bonchev–Trinajstić information content (AvgIpc) is 2.77. The summed E-state index contributed by atoms with van der Waals surface area (Å²) in [5.41, 5.74) is 0.242. The summed E-state index contributed by atoms with van der Waals surface area (Å²) >= 11 is 0. The van der Waals surface area contributed by atoms with Gasteiger partial charge in [0.25, 0.3) is 0 Å². The van der Waals surface area contributed by atoms with Crippen LogP contribution in [-0.4, -0.2) is 38.4 Å². The van der Waals surface area contributed by atoms with Gasteiger partial charge in [0.2, 0.25) is 0 Å². The van der Waals surface area contributed by atoms with Gasteiger partial charge >= 0.3 is 6.09 Å². The first kappa shape index (κ1) is 15.1. The summed E-state index contributed by atoms with van der Waals surface area (Å²) in [6.45, 7) is 5.36. The maximum absolute atomic E-state index is 12.6. The highest BCUT2D eigenvalue weighted by Crippen LogP contribution is 2.36. The predicted molar refractivity (Wildman–Crippen MR) is 84.9 cm³/mol. The van der Waals surface area contributed by atoms with Crippen molar-refractivity contribution in [3.05, 3.63) is 24.7 Å². The van der Waals surface area contributed by atoms with Gasteiger partial charge in [0.15, 0.2) is 17.1 Å². The van der Waals surface area contributed by atoms with Crippen LogP contribution in [0.2, 0.25) is 0 Å². The Hall–Kier alpha value is -2.83. The van der Waals surface area contributed by atoms with Crippen molar-refractivity contribution in [2.45, 2.75) is 26.4 Å². The third-order valence-electron chi connectivity index (χ3n) is 3.31. The molecular weight excluding hydrogens is 298 g/mol. The van der Waals surface area contributed by atoms with Gasteiger partial charge < -0.3 is 14.6 Å². The van der Waals surface area contributed by atoms with Crippen LogP contribution in [-0.2, 0) is 4.74 Å². The van der Waals surface area contributed by atoms with Crippen molar-refractivity contribution in [2.75, 3.05) is 7.11 Å². The number of carbonyl (C=O) groups excluding carboxylic acids is 1. The lowest BCUT2D eigenvalue weighted by molar-refractivity contribution is 0.0550. The number of nitrogens with zero attached hydrogens (tertiary/aromatic N) is 3. The molecule has 0 aliphatic heterocycles. The van der Waals surface area contributed by atoms with Crippen LogP contribution in [0.3, 0.4) is 0 Å². The highest BCUT2D eigenvalue weighted by Gasteiger charge is 2.24. The monoisotopic (exact) mass is 315 g/mol. The lowest BCUT2D eigenvalue weighted by Crippen LogP contribution is -2.27. The van der Waals surface area contributed by atoms with Gasteiger partial charge in [0, 0.05) is 23.0 Å². The molecule has 0 bridgehead atoms. The van der Waals surface area contributed by atoms with E-state index in [9.17, 15) is 9.90 Å². The van der Waals surface area contributed by atoms with Crippen LogP contribution in [0.1, 0.15) is 20.8 Å². The molecule has 0 saturated heterocycles. The molecule has 1 N–H and O–H groups in total.